The molecule has 0 N–H and O–H groups in total. The fraction of sp³-hybridized carbons (Fsp3) is 0.684. The van der Waals surface area contributed by atoms with E-state index in [0.717, 1.165) is 5.92 Å². The number of unbranched alkanes of at least 4 members (excludes halogenated alkanes) is 3. The molecule has 1 heteroatoms. The summed E-state index contributed by atoms with van der Waals surface area (Å²) in [5.41, 5.74) is 3.06. The Morgan fingerprint density at radius 2 is 1.65 bits per heavy atom. The standard InChI is InChI=1S/C19H32S/c1-4-10-18(5-2)19-14-12-17(13-15-19)11-8-6-7-9-16-20-3/h12-15,18H,4-11,16H2,1-3H3. The number of thioether (sulfide) groups is 1. The molecule has 1 aromatic rings. The van der Waals surface area contributed by atoms with Gasteiger partial charge in [-0.2, -0.15) is 11.8 Å². The number of benzene rings is 1. The fourth-order valence-electron chi connectivity index (χ4n) is 2.84. The van der Waals surface area contributed by atoms with Crippen LogP contribution in [0.2, 0.25) is 0 Å². The molecule has 1 rings (SSSR count). The molecule has 1 unspecified atom stereocenters. The van der Waals surface area contributed by atoms with Crippen LogP contribution in [-0.2, 0) is 6.42 Å². The van der Waals surface area contributed by atoms with Gasteiger partial charge in [-0.25, -0.2) is 0 Å². The van der Waals surface area contributed by atoms with Crippen LogP contribution in [0.4, 0.5) is 0 Å². The van der Waals surface area contributed by atoms with Crippen LogP contribution in [0.5, 0.6) is 0 Å². The van der Waals surface area contributed by atoms with Gasteiger partial charge < -0.3 is 0 Å². The van der Waals surface area contributed by atoms with E-state index < -0.39 is 0 Å². The highest BCUT2D eigenvalue weighted by molar-refractivity contribution is 7.98. The van der Waals surface area contributed by atoms with Crippen molar-refractivity contribution in [1.29, 1.82) is 0 Å². The quantitative estimate of drug-likeness (QED) is 0.422. The molecule has 0 saturated heterocycles. The van der Waals surface area contributed by atoms with Gasteiger partial charge in [0.05, 0.1) is 0 Å². The number of rotatable bonds is 11. The summed E-state index contributed by atoms with van der Waals surface area (Å²) in [6.45, 7) is 4.59. The molecule has 1 atom stereocenters. The minimum Gasteiger partial charge on any atom is -0.165 e. The fourth-order valence-corrected chi connectivity index (χ4v) is 3.33. The van der Waals surface area contributed by atoms with E-state index in [1.807, 2.05) is 11.8 Å². The molecule has 0 spiro atoms. The van der Waals surface area contributed by atoms with Gasteiger partial charge in [0.1, 0.15) is 0 Å². The molecule has 0 aliphatic rings. The van der Waals surface area contributed by atoms with Crippen molar-refractivity contribution in [3.8, 4) is 0 Å². The maximum absolute atomic E-state index is 2.37. The van der Waals surface area contributed by atoms with E-state index in [2.05, 4.69) is 44.4 Å². The molecular weight excluding hydrogens is 260 g/mol. The molecular formula is C19H32S. The lowest BCUT2D eigenvalue weighted by Gasteiger charge is -2.14. The topological polar surface area (TPSA) is 0 Å². The van der Waals surface area contributed by atoms with Crippen molar-refractivity contribution in [1.82, 2.24) is 0 Å². The smallest absolute Gasteiger partial charge is 0.00703 e. The maximum atomic E-state index is 2.37. The van der Waals surface area contributed by atoms with E-state index in [1.54, 1.807) is 0 Å². The van der Waals surface area contributed by atoms with Gasteiger partial charge >= 0.3 is 0 Å². The van der Waals surface area contributed by atoms with Crippen LogP contribution in [0.25, 0.3) is 0 Å². The van der Waals surface area contributed by atoms with E-state index in [9.17, 15) is 0 Å². The number of hydrogen-bond acceptors (Lipinski definition) is 1. The summed E-state index contributed by atoms with van der Waals surface area (Å²) in [5, 5.41) is 0. The van der Waals surface area contributed by atoms with Crippen molar-refractivity contribution >= 4 is 11.8 Å². The van der Waals surface area contributed by atoms with Gasteiger partial charge in [-0.05, 0) is 61.2 Å². The molecule has 0 radical (unpaired) electrons. The molecule has 0 aromatic heterocycles. The predicted molar refractivity (Wildman–Crippen MR) is 94.9 cm³/mol. The van der Waals surface area contributed by atoms with Crippen molar-refractivity contribution in [2.45, 2.75) is 71.1 Å². The first kappa shape index (κ1) is 17.6. The third-order valence-electron chi connectivity index (χ3n) is 4.14. The van der Waals surface area contributed by atoms with Gasteiger partial charge in [0.15, 0.2) is 0 Å². The van der Waals surface area contributed by atoms with Crippen LogP contribution in [0.3, 0.4) is 0 Å². The van der Waals surface area contributed by atoms with Crippen LogP contribution in [-0.4, -0.2) is 12.0 Å². The van der Waals surface area contributed by atoms with Crippen LogP contribution < -0.4 is 0 Å². The van der Waals surface area contributed by atoms with Crippen molar-refractivity contribution in [2.24, 2.45) is 0 Å². The minimum atomic E-state index is 0.764. The van der Waals surface area contributed by atoms with Gasteiger partial charge in [-0.1, -0.05) is 57.4 Å². The summed E-state index contributed by atoms with van der Waals surface area (Å²) in [5.74, 6) is 2.09. The lowest BCUT2D eigenvalue weighted by Crippen LogP contribution is -1.97. The molecule has 1 aromatic carbocycles. The summed E-state index contributed by atoms with van der Waals surface area (Å²) in [6, 6.07) is 9.45. The van der Waals surface area contributed by atoms with Gasteiger partial charge in [-0.3, -0.25) is 0 Å². The Morgan fingerprint density at radius 1 is 0.950 bits per heavy atom. The van der Waals surface area contributed by atoms with Gasteiger partial charge in [0.25, 0.3) is 0 Å². The molecule has 0 heterocycles. The van der Waals surface area contributed by atoms with Gasteiger partial charge in [0.2, 0.25) is 0 Å². The zero-order valence-corrected chi connectivity index (χ0v) is 14.5. The average Bonchev–Trinajstić information content (AvgIpc) is 2.49. The van der Waals surface area contributed by atoms with Crippen molar-refractivity contribution in [3.63, 3.8) is 0 Å². The second kappa shape index (κ2) is 11.3. The average molecular weight is 293 g/mol. The van der Waals surface area contributed by atoms with E-state index >= 15 is 0 Å². The molecule has 0 fully saturated rings. The van der Waals surface area contributed by atoms with Crippen molar-refractivity contribution in [3.05, 3.63) is 35.4 Å². The first-order valence-electron chi connectivity index (χ1n) is 8.39. The Bertz CT molecular complexity index is 328. The van der Waals surface area contributed by atoms with E-state index in [4.69, 9.17) is 0 Å². The molecule has 0 amide bonds. The molecule has 0 aliphatic heterocycles. The maximum Gasteiger partial charge on any atom is -0.00703 e. The normalized spacial score (nSPS) is 12.6. The highest BCUT2D eigenvalue weighted by Crippen LogP contribution is 2.25. The molecule has 0 nitrogen and oxygen atoms in total. The lowest BCUT2D eigenvalue weighted by molar-refractivity contribution is 0.595. The Labute approximate surface area is 130 Å². The first-order valence-corrected chi connectivity index (χ1v) is 9.79. The van der Waals surface area contributed by atoms with Gasteiger partial charge in [0, 0.05) is 0 Å². The second-order valence-corrected chi connectivity index (χ2v) is 6.78. The Kier molecular flexibility index (Phi) is 9.92. The third kappa shape index (κ3) is 6.83. The minimum absolute atomic E-state index is 0.764. The predicted octanol–water partition coefficient (Wildman–Crippen LogP) is 6.45. The summed E-state index contributed by atoms with van der Waals surface area (Å²) in [6.07, 6.45) is 12.8. The number of hydrogen-bond donors (Lipinski definition) is 0. The molecule has 0 saturated carbocycles. The molecule has 0 bridgehead atoms. The van der Waals surface area contributed by atoms with Crippen LogP contribution in [0, 0.1) is 0 Å². The summed E-state index contributed by atoms with van der Waals surface area (Å²) in [7, 11) is 0. The summed E-state index contributed by atoms with van der Waals surface area (Å²) < 4.78 is 0. The van der Waals surface area contributed by atoms with Crippen LogP contribution in [0.15, 0.2) is 24.3 Å². The third-order valence-corrected chi connectivity index (χ3v) is 4.84. The highest BCUT2D eigenvalue weighted by Gasteiger charge is 2.07. The molecule has 114 valence electrons. The largest absolute Gasteiger partial charge is 0.165 e. The zero-order valence-electron chi connectivity index (χ0n) is 13.7. The molecule has 20 heavy (non-hydrogen) atoms. The highest BCUT2D eigenvalue weighted by atomic mass is 32.2. The zero-order chi connectivity index (χ0) is 14.6. The van der Waals surface area contributed by atoms with Crippen LogP contribution >= 0.6 is 11.8 Å². The number of aryl methyl sites for hydroxylation is 1. The summed E-state index contributed by atoms with van der Waals surface area (Å²) >= 11 is 1.97. The Morgan fingerprint density at radius 3 is 2.25 bits per heavy atom. The van der Waals surface area contributed by atoms with E-state index in [1.165, 1.54) is 68.2 Å². The van der Waals surface area contributed by atoms with Crippen molar-refractivity contribution in [2.75, 3.05) is 12.0 Å². The van der Waals surface area contributed by atoms with Crippen LogP contribution in [0.1, 0.15) is 75.8 Å². The monoisotopic (exact) mass is 292 g/mol. The Hall–Kier alpha value is -0.430. The van der Waals surface area contributed by atoms with E-state index in [-0.39, 0.29) is 0 Å². The second-order valence-electron chi connectivity index (χ2n) is 5.79. The molecule has 0 aliphatic carbocycles. The van der Waals surface area contributed by atoms with E-state index in [0.29, 0.717) is 0 Å². The first-order chi connectivity index (χ1) is 9.81. The van der Waals surface area contributed by atoms with Gasteiger partial charge in [-0.15, -0.1) is 0 Å². The Balaban J connectivity index is 2.31. The lowest BCUT2D eigenvalue weighted by atomic mass is 9.91. The summed E-state index contributed by atoms with van der Waals surface area (Å²) in [4.78, 5) is 0. The SMILES string of the molecule is CCCC(CC)c1ccc(CCCCCCSC)cc1. The van der Waals surface area contributed by atoms with Crippen molar-refractivity contribution < 1.29 is 0 Å².